The minimum atomic E-state index is 0.423. The number of hydrogen-bond acceptors (Lipinski definition) is 0. The lowest BCUT2D eigenvalue weighted by Crippen LogP contribution is -1.99. The van der Waals surface area contributed by atoms with Crippen molar-refractivity contribution < 1.29 is 0 Å². The van der Waals surface area contributed by atoms with Crippen molar-refractivity contribution in [3.05, 3.63) is 72.8 Å². The zero-order valence-corrected chi connectivity index (χ0v) is 14.0. The Morgan fingerprint density at radius 1 is 0.583 bits per heavy atom. The first-order chi connectivity index (χ1) is 11.7. The summed E-state index contributed by atoms with van der Waals surface area (Å²) in [6, 6.07) is 27.1. The van der Waals surface area contributed by atoms with E-state index in [-0.39, 0.29) is 0 Å². The molecule has 0 radical (unpaired) electrons. The number of aromatic nitrogens is 1. The van der Waals surface area contributed by atoms with Gasteiger partial charge in [0.05, 0.1) is 0 Å². The minimum Gasteiger partial charge on any atom is -0.338 e. The lowest BCUT2D eigenvalue weighted by atomic mass is 10.0. The molecule has 0 saturated heterocycles. The molecule has 0 spiro atoms. The van der Waals surface area contributed by atoms with E-state index in [4.69, 9.17) is 0 Å². The number of nitrogens with zero attached hydrogens (tertiary/aromatic N) is 1. The van der Waals surface area contributed by atoms with Crippen LogP contribution in [0.15, 0.2) is 72.8 Å². The molecule has 24 heavy (non-hydrogen) atoms. The molecule has 116 valence electrons. The van der Waals surface area contributed by atoms with Crippen molar-refractivity contribution in [3.63, 3.8) is 0 Å². The molecule has 4 aromatic carbocycles. The second-order valence-electron chi connectivity index (χ2n) is 6.90. The van der Waals surface area contributed by atoms with Crippen LogP contribution in [0.25, 0.3) is 43.4 Å². The predicted molar refractivity (Wildman–Crippen MR) is 105 cm³/mol. The lowest BCUT2D eigenvalue weighted by Gasteiger charge is -2.12. The van der Waals surface area contributed by atoms with E-state index < -0.39 is 0 Å². The largest absolute Gasteiger partial charge is 0.338 e. The van der Waals surface area contributed by atoms with Crippen LogP contribution in [-0.2, 0) is 0 Å². The van der Waals surface area contributed by atoms with Crippen LogP contribution in [0.2, 0.25) is 0 Å². The van der Waals surface area contributed by atoms with Crippen molar-refractivity contribution in [1.29, 1.82) is 0 Å². The summed E-state index contributed by atoms with van der Waals surface area (Å²) in [6.07, 6.45) is 0. The molecule has 1 heteroatoms. The smallest absolute Gasteiger partial charge is 0.0500 e. The maximum absolute atomic E-state index is 2.48. The number of benzene rings is 4. The second kappa shape index (κ2) is 4.85. The summed E-state index contributed by atoms with van der Waals surface area (Å²) in [5, 5.41) is 7.92. The van der Waals surface area contributed by atoms with Gasteiger partial charge in [-0.05, 0) is 59.7 Å². The minimum absolute atomic E-state index is 0.423. The van der Waals surface area contributed by atoms with Crippen LogP contribution in [0.5, 0.6) is 0 Å². The monoisotopic (exact) mass is 309 g/mol. The maximum atomic E-state index is 2.48. The van der Waals surface area contributed by atoms with Gasteiger partial charge in [0, 0.05) is 27.8 Å². The molecule has 0 unspecified atom stereocenters. The van der Waals surface area contributed by atoms with Crippen molar-refractivity contribution in [1.82, 2.24) is 4.57 Å². The molecule has 1 aromatic heterocycles. The lowest BCUT2D eigenvalue weighted by molar-refractivity contribution is 0.642. The Bertz CT molecular complexity index is 1130. The molecule has 0 aliphatic rings. The fraction of sp³-hybridized carbons (Fsp3) is 0.130. The molecular weight excluding hydrogens is 290 g/mol. The first-order valence-corrected chi connectivity index (χ1v) is 8.57. The molecule has 0 N–H and O–H groups in total. The highest BCUT2D eigenvalue weighted by atomic mass is 15.0. The Labute approximate surface area is 141 Å². The molecule has 0 bridgehead atoms. The summed E-state index contributed by atoms with van der Waals surface area (Å²) in [5.41, 5.74) is 2.66. The van der Waals surface area contributed by atoms with Gasteiger partial charge in [-0.1, -0.05) is 48.5 Å². The third kappa shape index (κ3) is 1.81. The zero-order chi connectivity index (χ0) is 16.3. The van der Waals surface area contributed by atoms with E-state index in [1.54, 1.807) is 0 Å². The first kappa shape index (κ1) is 13.6. The van der Waals surface area contributed by atoms with Gasteiger partial charge >= 0.3 is 0 Å². The fourth-order valence-corrected chi connectivity index (χ4v) is 3.97. The van der Waals surface area contributed by atoms with Gasteiger partial charge in [-0.25, -0.2) is 0 Å². The highest BCUT2D eigenvalue weighted by Crippen LogP contribution is 2.36. The van der Waals surface area contributed by atoms with Crippen LogP contribution >= 0.6 is 0 Å². The molecule has 0 aliphatic carbocycles. The van der Waals surface area contributed by atoms with Crippen LogP contribution < -0.4 is 0 Å². The SMILES string of the molecule is CC(C)n1c2cc3ccccc3cc2c2cc3ccccc3cc21. The molecule has 5 aromatic rings. The van der Waals surface area contributed by atoms with Crippen LogP contribution in [0.1, 0.15) is 19.9 Å². The molecule has 0 saturated carbocycles. The van der Waals surface area contributed by atoms with Gasteiger partial charge < -0.3 is 4.57 Å². The van der Waals surface area contributed by atoms with Crippen LogP contribution in [0.4, 0.5) is 0 Å². The Morgan fingerprint density at radius 3 is 1.33 bits per heavy atom. The van der Waals surface area contributed by atoms with Gasteiger partial charge in [0.25, 0.3) is 0 Å². The molecule has 0 amide bonds. The van der Waals surface area contributed by atoms with E-state index in [1.807, 2.05) is 0 Å². The summed E-state index contributed by atoms with van der Waals surface area (Å²) in [7, 11) is 0. The van der Waals surface area contributed by atoms with Gasteiger partial charge in [0.2, 0.25) is 0 Å². The van der Waals surface area contributed by atoms with Crippen LogP contribution in [-0.4, -0.2) is 4.57 Å². The van der Waals surface area contributed by atoms with Crippen molar-refractivity contribution in [2.75, 3.05) is 0 Å². The third-order valence-electron chi connectivity index (χ3n) is 5.05. The molecule has 1 heterocycles. The summed E-state index contributed by atoms with van der Waals surface area (Å²) in [6.45, 7) is 4.53. The van der Waals surface area contributed by atoms with E-state index in [0.717, 1.165) is 0 Å². The van der Waals surface area contributed by atoms with E-state index in [2.05, 4.69) is 91.2 Å². The maximum Gasteiger partial charge on any atom is 0.0500 e. The predicted octanol–water partition coefficient (Wildman–Crippen LogP) is 6.68. The van der Waals surface area contributed by atoms with Crippen molar-refractivity contribution in [3.8, 4) is 0 Å². The van der Waals surface area contributed by atoms with Crippen LogP contribution in [0.3, 0.4) is 0 Å². The fourth-order valence-electron chi connectivity index (χ4n) is 3.97. The molecule has 5 rings (SSSR count). The normalized spacial score (nSPS) is 12.1. The standard InChI is InChI=1S/C23H19N/c1-15(2)24-22-13-18-9-5-3-7-16(18)11-20(22)21-12-17-8-4-6-10-19(17)14-23(21)24/h3-15H,1-2H3. The van der Waals surface area contributed by atoms with Gasteiger partial charge in [-0.15, -0.1) is 0 Å². The van der Waals surface area contributed by atoms with Crippen molar-refractivity contribution in [2.24, 2.45) is 0 Å². The third-order valence-corrected chi connectivity index (χ3v) is 5.05. The number of hydrogen-bond donors (Lipinski definition) is 0. The Kier molecular flexibility index (Phi) is 2.75. The average Bonchev–Trinajstić information content (AvgIpc) is 2.90. The highest BCUT2D eigenvalue weighted by Gasteiger charge is 2.14. The number of rotatable bonds is 1. The topological polar surface area (TPSA) is 4.93 Å². The van der Waals surface area contributed by atoms with Crippen molar-refractivity contribution >= 4 is 43.4 Å². The summed E-state index contributed by atoms with van der Waals surface area (Å²) < 4.78 is 2.48. The Balaban J connectivity index is 2.06. The van der Waals surface area contributed by atoms with Crippen LogP contribution in [0, 0.1) is 0 Å². The van der Waals surface area contributed by atoms with Crippen molar-refractivity contribution in [2.45, 2.75) is 19.9 Å². The summed E-state index contributed by atoms with van der Waals surface area (Å²) >= 11 is 0. The molecule has 0 atom stereocenters. The van der Waals surface area contributed by atoms with E-state index >= 15 is 0 Å². The molecule has 0 fully saturated rings. The van der Waals surface area contributed by atoms with E-state index in [9.17, 15) is 0 Å². The summed E-state index contributed by atoms with van der Waals surface area (Å²) in [4.78, 5) is 0. The summed E-state index contributed by atoms with van der Waals surface area (Å²) in [5.74, 6) is 0. The first-order valence-electron chi connectivity index (χ1n) is 8.57. The van der Waals surface area contributed by atoms with Gasteiger partial charge in [0.1, 0.15) is 0 Å². The van der Waals surface area contributed by atoms with Gasteiger partial charge in [0.15, 0.2) is 0 Å². The zero-order valence-electron chi connectivity index (χ0n) is 14.0. The molecule has 1 nitrogen and oxygen atoms in total. The molecule has 0 aliphatic heterocycles. The quantitative estimate of drug-likeness (QED) is 0.325. The Morgan fingerprint density at radius 2 is 0.958 bits per heavy atom. The second-order valence-corrected chi connectivity index (χ2v) is 6.90. The van der Waals surface area contributed by atoms with Gasteiger partial charge in [-0.3, -0.25) is 0 Å². The average molecular weight is 309 g/mol. The van der Waals surface area contributed by atoms with Gasteiger partial charge in [-0.2, -0.15) is 0 Å². The Hall–Kier alpha value is -2.80. The highest BCUT2D eigenvalue weighted by molar-refractivity contribution is 6.15. The molecular formula is C23H19N. The number of fused-ring (bicyclic) bond motifs is 5. The van der Waals surface area contributed by atoms with E-state index in [1.165, 1.54) is 43.4 Å². The van der Waals surface area contributed by atoms with E-state index in [0.29, 0.717) is 6.04 Å².